The summed E-state index contributed by atoms with van der Waals surface area (Å²) in [7, 11) is 0. The molecular weight excluding hydrogens is 322 g/mol. The Kier molecular flexibility index (Phi) is 4.37. The molecule has 4 heterocycles. The number of rotatable bonds is 5. The molecule has 128 valence electrons. The number of hydrogen-bond acceptors (Lipinski definition) is 5. The van der Waals surface area contributed by atoms with Gasteiger partial charge >= 0.3 is 0 Å². The van der Waals surface area contributed by atoms with Crippen molar-refractivity contribution in [2.24, 2.45) is 0 Å². The van der Waals surface area contributed by atoms with Gasteiger partial charge in [0.05, 0.1) is 22.9 Å². The van der Waals surface area contributed by atoms with Crippen molar-refractivity contribution in [2.45, 2.75) is 45.3 Å². The number of aromatic nitrogens is 3. The van der Waals surface area contributed by atoms with E-state index in [2.05, 4.69) is 32.7 Å². The molecule has 0 radical (unpaired) electrons. The minimum atomic E-state index is 0.309. The summed E-state index contributed by atoms with van der Waals surface area (Å²) in [5.41, 5.74) is 4.33. The van der Waals surface area contributed by atoms with Crippen molar-refractivity contribution < 1.29 is 4.79 Å². The second-order valence-corrected chi connectivity index (χ2v) is 7.66. The smallest absolute Gasteiger partial charge is 0.222 e. The molecule has 6 nitrogen and oxygen atoms in total. The minimum absolute atomic E-state index is 0.309. The summed E-state index contributed by atoms with van der Waals surface area (Å²) < 4.78 is 2.16. The highest BCUT2D eigenvalue weighted by atomic mass is 32.1. The molecule has 1 atom stereocenters. The molecule has 4 rings (SSSR count). The first-order chi connectivity index (χ1) is 11.7. The van der Waals surface area contributed by atoms with Crippen LogP contribution in [0.1, 0.15) is 41.6 Å². The van der Waals surface area contributed by atoms with E-state index < -0.39 is 0 Å². The van der Waals surface area contributed by atoms with Crippen molar-refractivity contribution >= 4 is 17.2 Å². The molecule has 0 spiro atoms. The Balaban J connectivity index is 1.45. The van der Waals surface area contributed by atoms with Crippen LogP contribution in [0, 0.1) is 6.92 Å². The molecule has 1 saturated heterocycles. The predicted octanol–water partition coefficient (Wildman–Crippen LogP) is 2.22. The average Bonchev–Trinajstić information content (AvgIpc) is 3.28. The molecule has 1 fully saturated rings. The summed E-state index contributed by atoms with van der Waals surface area (Å²) >= 11 is 1.73. The van der Waals surface area contributed by atoms with Crippen LogP contribution in [-0.2, 0) is 17.9 Å². The summed E-state index contributed by atoms with van der Waals surface area (Å²) in [6, 6.07) is 2.45. The number of carbonyl (C=O) groups excluding carboxylic acids is 1. The fraction of sp³-hybridized carbons (Fsp3) is 0.588. The molecule has 2 aromatic rings. The number of thiazole rings is 1. The molecule has 1 amide bonds. The largest absolute Gasteiger partial charge is 0.343 e. The maximum absolute atomic E-state index is 11.8. The summed E-state index contributed by atoms with van der Waals surface area (Å²) in [5.74, 6) is 0.309. The lowest BCUT2D eigenvalue weighted by molar-refractivity contribution is -0.127. The van der Waals surface area contributed by atoms with Crippen molar-refractivity contribution in [1.29, 1.82) is 0 Å². The first-order valence-electron chi connectivity index (χ1n) is 8.62. The van der Waals surface area contributed by atoms with Gasteiger partial charge in [-0.2, -0.15) is 5.10 Å². The van der Waals surface area contributed by atoms with E-state index in [1.165, 1.54) is 10.6 Å². The molecule has 0 aliphatic carbocycles. The van der Waals surface area contributed by atoms with Crippen molar-refractivity contribution in [1.82, 2.24) is 24.6 Å². The number of amides is 1. The van der Waals surface area contributed by atoms with E-state index in [1.54, 1.807) is 11.3 Å². The minimum Gasteiger partial charge on any atom is -0.343 e. The van der Waals surface area contributed by atoms with Crippen molar-refractivity contribution in [3.8, 4) is 0 Å². The van der Waals surface area contributed by atoms with E-state index in [1.807, 2.05) is 16.6 Å². The second kappa shape index (κ2) is 6.64. The van der Waals surface area contributed by atoms with Crippen molar-refractivity contribution in [2.75, 3.05) is 19.6 Å². The van der Waals surface area contributed by atoms with E-state index in [9.17, 15) is 4.79 Å². The molecule has 0 aromatic carbocycles. The van der Waals surface area contributed by atoms with E-state index >= 15 is 0 Å². The number of fused-ring (bicyclic) bond motifs is 1. The van der Waals surface area contributed by atoms with E-state index in [0.717, 1.165) is 51.3 Å². The Morgan fingerprint density at radius 3 is 3.08 bits per heavy atom. The number of likely N-dealkylation sites (tertiary alicyclic amines) is 1. The lowest BCUT2D eigenvalue weighted by atomic mass is 10.1. The van der Waals surface area contributed by atoms with Gasteiger partial charge in [0.25, 0.3) is 0 Å². The zero-order chi connectivity index (χ0) is 16.5. The van der Waals surface area contributed by atoms with Crippen molar-refractivity contribution in [3.63, 3.8) is 0 Å². The number of nitrogens with zero attached hydrogens (tertiary/aromatic N) is 5. The van der Waals surface area contributed by atoms with Gasteiger partial charge in [0.1, 0.15) is 0 Å². The Bertz CT molecular complexity index is 724. The highest BCUT2D eigenvalue weighted by Gasteiger charge is 2.28. The molecular formula is C17H23N5OS. The van der Waals surface area contributed by atoms with Crippen molar-refractivity contribution in [3.05, 3.63) is 34.0 Å². The van der Waals surface area contributed by atoms with Crippen LogP contribution < -0.4 is 0 Å². The third kappa shape index (κ3) is 3.10. The van der Waals surface area contributed by atoms with Crippen LogP contribution in [0.5, 0.6) is 0 Å². The second-order valence-electron chi connectivity index (χ2n) is 6.72. The Morgan fingerprint density at radius 2 is 2.33 bits per heavy atom. The predicted molar refractivity (Wildman–Crippen MR) is 92.7 cm³/mol. The zero-order valence-corrected chi connectivity index (χ0v) is 14.8. The molecule has 0 N–H and O–H groups in total. The number of hydrogen-bond donors (Lipinski definition) is 0. The Hall–Kier alpha value is -1.73. The third-order valence-corrected chi connectivity index (χ3v) is 5.99. The maximum atomic E-state index is 11.8. The molecule has 2 aliphatic heterocycles. The normalized spacial score (nSPS) is 21.5. The lowest BCUT2D eigenvalue weighted by Crippen LogP contribution is -2.39. The quantitative estimate of drug-likeness (QED) is 0.834. The third-order valence-electron chi connectivity index (χ3n) is 5.07. The highest BCUT2D eigenvalue weighted by Crippen LogP contribution is 2.26. The monoisotopic (exact) mass is 345 g/mol. The van der Waals surface area contributed by atoms with E-state index in [4.69, 9.17) is 0 Å². The van der Waals surface area contributed by atoms with Crippen LogP contribution in [-0.4, -0.2) is 50.1 Å². The molecule has 0 saturated carbocycles. The van der Waals surface area contributed by atoms with Crippen LogP contribution >= 0.6 is 11.3 Å². The molecule has 2 aliphatic rings. The fourth-order valence-corrected chi connectivity index (χ4v) is 4.54. The molecule has 1 unspecified atom stereocenters. The number of aryl methyl sites for hydroxylation is 1. The number of carbonyl (C=O) groups is 1. The van der Waals surface area contributed by atoms with Gasteiger partial charge in [-0.05, 0) is 25.8 Å². The zero-order valence-electron chi connectivity index (χ0n) is 14.0. The molecule has 0 bridgehead atoms. The summed E-state index contributed by atoms with van der Waals surface area (Å²) in [6.45, 7) is 6.69. The highest BCUT2D eigenvalue weighted by molar-refractivity contribution is 7.09. The van der Waals surface area contributed by atoms with Gasteiger partial charge in [0.2, 0.25) is 5.91 Å². The van der Waals surface area contributed by atoms with Crippen LogP contribution in [0.25, 0.3) is 0 Å². The standard InChI is InChI=1S/C17H23N5OS/c1-13-16(24-12-18-13)11-20-9-14-4-6-19-22(14)15(10-20)5-8-21-7-2-3-17(21)23/h4,6,12,15H,2-3,5,7-11H2,1H3. The van der Waals surface area contributed by atoms with Crippen LogP contribution in [0.4, 0.5) is 0 Å². The van der Waals surface area contributed by atoms with E-state index in [0.29, 0.717) is 18.4 Å². The summed E-state index contributed by atoms with van der Waals surface area (Å²) in [6.07, 6.45) is 4.59. The van der Waals surface area contributed by atoms with Crippen LogP contribution in [0.15, 0.2) is 17.8 Å². The SMILES string of the molecule is Cc1ncsc1CN1Cc2ccnn2C(CCN2CCCC2=O)C1. The maximum Gasteiger partial charge on any atom is 0.222 e. The average molecular weight is 345 g/mol. The Morgan fingerprint density at radius 1 is 1.42 bits per heavy atom. The molecule has 24 heavy (non-hydrogen) atoms. The Labute approximate surface area is 146 Å². The van der Waals surface area contributed by atoms with Gasteiger partial charge in [-0.1, -0.05) is 0 Å². The van der Waals surface area contributed by atoms with Gasteiger partial charge in [0.15, 0.2) is 0 Å². The molecule has 7 heteroatoms. The summed E-state index contributed by atoms with van der Waals surface area (Å²) in [4.78, 5) is 22.0. The topological polar surface area (TPSA) is 54.3 Å². The van der Waals surface area contributed by atoms with Gasteiger partial charge in [0, 0.05) is 50.2 Å². The van der Waals surface area contributed by atoms with Gasteiger partial charge in [-0.3, -0.25) is 14.4 Å². The van der Waals surface area contributed by atoms with Crippen LogP contribution in [0.3, 0.4) is 0 Å². The van der Waals surface area contributed by atoms with E-state index in [-0.39, 0.29) is 0 Å². The first kappa shape index (κ1) is 15.8. The van der Waals surface area contributed by atoms with Crippen LogP contribution in [0.2, 0.25) is 0 Å². The van der Waals surface area contributed by atoms with Gasteiger partial charge in [-0.25, -0.2) is 4.98 Å². The first-order valence-corrected chi connectivity index (χ1v) is 9.50. The fourth-order valence-electron chi connectivity index (χ4n) is 3.73. The van der Waals surface area contributed by atoms with Gasteiger partial charge in [-0.15, -0.1) is 11.3 Å². The summed E-state index contributed by atoms with van der Waals surface area (Å²) in [5, 5.41) is 4.53. The molecule has 2 aromatic heterocycles. The van der Waals surface area contributed by atoms with Gasteiger partial charge < -0.3 is 4.90 Å². The lowest BCUT2D eigenvalue weighted by Gasteiger charge is -2.34.